The lowest BCUT2D eigenvalue weighted by Crippen LogP contribution is -2.23. The minimum atomic E-state index is -0.429. The van der Waals surface area contributed by atoms with Crippen LogP contribution >= 0.6 is 0 Å². The summed E-state index contributed by atoms with van der Waals surface area (Å²) in [5, 5.41) is 0. The lowest BCUT2D eigenvalue weighted by Gasteiger charge is -2.23. The van der Waals surface area contributed by atoms with E-state index >= 15 is 0 Å². The number of hydrogen-bond donors (Lipinski definition) is 1. The predicted octanol–water partition coefficient (Wildman–Crippen LogP) is 2.51. The summed E-state index contributed by atoms with van der Waals surface area (Å²) in [6.45, 7) is 5.10. The highest BCUT2D eigenvalue weighted by atomic mass is 19.1. The maximum absolute atomic E-state index is 13.3. The van der Waals surface area contributed by atoms with E-state index in [1.54, 1.807) is 6.07 Å². The highest BCUT2D eigenvalue weighted by Gasteiger charge is 2.12. The molecule has 1 aromatic rings. The molecule has 90 valence electrons. The van der Waals surface area contributed by atoms with E-state index in [0.717, 1.165) is 12.2 Å². The van der Waals surface area contributed by atoms with Gasteiger partial charge in [0.05, 0.1) is 18.5 Å². The molecular formula is C12H19FN2O. The summed E-state index contributed by atoms with van der Waals surface area (Å²) in [5.74, 6) is 0.307. The standard InChI is InChI=1S/C12H19FN2O/c1-8(2)7-15(3)11-6-12(16-4)9(13)5-10(11)14/h5-6,8H,7,14H2,1-4H3. The molecule has 0 radical (unpaired) electrons. The fraction of sp³-hybridized carbons (Fsp3) is 0.500. The molecule has 2 N–H and O–H groups in total. The fourth-order valence-corrected chi connectivity index (χ4v) is 1.69. The Bertz CT molecular complexity index is 366. The SMILES string of the molecule is COc1cc(N(C)CC(C)C)c(N)cc1F. The topological polar surface area (TPSA) is 38.5 Å². The highest BCUT2D eigenvalue weighted by molar-refractivity contribution is 5.69. The van der Waals surface area contributed by atoms with Crippen molar-refractivity contribution in [2.45, 2.75) is 13.8 Å². The first-order valence-electron chi connectivity index (χ1n) is 5.29. The number of methoxy groups -OCH3 is 1. The number of nitrogen functional groups attached to an aromatic ring is 1. The maximum atomic E-state index is 13.3. The highest BCUT2D eigenvalue weighted by Crippen LogP contribution is 2.30. The molecule has 3 nitrogen and oxygen atoms in total. The third-order valence-electron chi connectivity index (χ3n) is 2.35. The average molecular weight is 226 g/mol. The van der Waals surface area contributed by atoms with Crippen molar-refractivity contribution in [3.63, 3.8) is 0 Å². The van der Waals surface area contributed by atoms with Crippen LogP contribution < -0.4 is 15.4 Å². The van der Waals surface area contributed by atoms with Crippen LogP contribution in [0.3, 0.4) is 0 Å². The quantitative estimate of drug-likeness (QED) is 0.802. The molecule has 0 heterocycles. The van der Waals surface area contributed by atoms with Crippen LogP contribution in [-0.4, -0.2) is 20.7 Å². The number of nitrogens with two attached hydrogens (primary N) is 1. The van der Waals surface area contributed by atoms with Crippen molar-refractivity contribution < 1.29 is 9.13 Å². The molecule has 0 fully saturated rings. The first-order chi connectivity index (χ1) is 7.45. The number of anilines is 2. The van der Waals surface area contributed by atoms with Gasteiger partial charge in [0.15, 0.2) is 11.6 Å². The van der Waals surface area contributed by atoms with Gasteiger partial charge < -0.3 is 15.4 Å². The molecule has 0 amide bonds. The molecule has 0 bridgehead atoms. The van der Waals surface area contributed by atoms with Gasteiger partial charge in [-0.05, 0) is 5.92 Å². The summed E-state index contributed by atoms with van der Waals surface area (Å²) in [7, 11) is 3.38. The third kappa shape index (κ3) is 2.78. The van der Waals surface area contributed by atoms with E-state index in [0.29, 0.717) is 11.6 Å². The van der Waals surface area contributed by atoms with Gasteiger partial charge in [-0.15, -0.1) is 0 Å². The zero-order valence-corrected chi connectivity index (χ0v) is 10.2. The molecule has 0 aliphatic heterocycles. The third-order valence-corrected chi connectivity index (χ3v) is 2.35. The molecule has 1 aromatic carbocycles. The second kappa shape index (κ2) is 5.05. The van der Waals surface area contributed by atoms with Crippen LogP contribution in [0.4, 0.5) is 15.8 Å². The summed E-state index contributed by atoms with van der Waals surface area (Å²) < 4.78 is 18.3. The number of benzene rings is 1. The Morgan fingerprint density at radius 3 is 2.56 bits per heavy atom. The van der Waals surface area contributed by atoms with Gasteiger partial charge >= 0.3 is 0 Å². The number of rotatable bonds is 4. The van der Waals surface area contributed by atoms with Crippen molar-refractivity contribution in [3.8, 4) is 5.75 Å². The van der Waals surface area contributed by atoms with Crippen LogP contribution in [0.25, 0.3) is 0 Å². The average Bonchev–Trinajstić information content (AvgIpc) is 2.16. The van der Waals surface area contributed by atoms with Gasteiger partial charge in [-0.1, -0.05) is 13.8 Å². The van der Waals surface area contributed by atoms with E-state index in [-0.39, 0.29) is 5.75 Å². The molecule has 0 spiro atoms. The Labute approximate surface area is 96.0 Å². The lowest BCUT2D eigenvalue weighted by atomic mass is 10.1. The monoisotopic (exact) mass is 226 g/mol. The Balaban J connectivity index is 3.03. The number of hydrogen-bond acceptors (Lipinski definition) is 3. The van der Waals surface area contributed by atoms with Gasteiger partial charge in [0.25, 0.3) is 0 Å². The second-order valence-corrected chi connectivity index (χ2v) is 4.32. The normalized spacial score (nSPS) is 10.6. The minimum absolute atomic E-state index is 0.222. The van der Waals surface area contributed by atoms with Crippen LogP contribution in [0.2, 0.25) is 0 Å². The van der Waals surface area contributed by atoms with E-state index < -0.39 is 5.82 Å². The zero-order chi connectivity index (χ0) is 12.3. The summed E-state index contributed by atoms with van der Waals surface area (Å²) in [6.07, 6.45) is 0. The van der Waals surface area contributed by atoms with Crippen molar-refractivity contribution in [2.75, 3.05) is 31.3 Å². The maximum Gasteiger partial charge on any atom is 0.167 e. The van der Waals surface area contributed by atoms with Crippen LogP contribution in [0, 0.1) is 11.7 Å². The number of ether oxygens (including phenoxy) is 1. The molecule has 0 atom stereocenters. The molecule has 0 saturated heterocycles. The molecule has 0 aromatic heterocycles. The van der Waals surface area contributed by atoms with E-state index in [1.807, 2.05) is 11.9 Å². The van der Waals surface area contributed by atoms with Crippen LogP contribution in [-0.2, 0) is 0 Å². The van der Waals surface area contributed by atoms with E-state index in [9.17, 15) is 4.39 Å². The molecular weight excluding hydrogens is 207 g/mol. The molecule has 0 aliphatic carbocycles. The van der Waals surface area contributed by atoms with Gasteiger partial charge in [0.1, 0.15) is 0 Å². The fourth-order valence-electron chi connectivity index (χ4n) is 1.69. The van der Waals surface area contributed by atoms with Crippen molar-refractivity contribution in [2.24, 2.45) is 5.92 Å². The molecule has 1 rings (SSSR count). The Morgan fingerprint density at radius 2 is 2.06 bits per heavy atom. The van der Waals surface area contributed by atoms with Crippen molar-refractivity contribution in [3.05, 3.63) is 17.9 Å². The van der Waals surface area contributed by atoms with Gasteiger partial charge in [-0.3, -0.25) is 0 Å². The summed E-state index contributed by atoms with van der Waals surface area (Å²) in [5.41, 5.74) is 7.01. The number of nitrogens with zero attached hydrogens (tertiary/aromatic N) is 1. The van der Waals surface area contributed by atoms with Crippen LogP contribution in [0.1, 0.15) is 13.8 Å². The van der Waals surface area contributed by atoms with Gasteiger partial charge in [0, 0.05) is 25.7 Å². The molecule has 0 saturated carbocycles. The first-order valence-corrected chi connectivity index (χ1v) is 5.29. The second-order valence-electron chi connectivity index (χ2n) is 4.32. The van der Waals surface area contributed by atoms with E-state index in [1.165, 1.54) is 13.2 Å². The van der Waals surface area contributed by atoms with E-state index in [4.69, 9.17) is 10.5 Å². The van der Waals surface area contributed by atoms with Gasteiger partial charge in [-0.25, -0.2) is 4.39 Å². The molecule has 0 aliphatic rings. The van der Waals surface area contributed by atoms with Crippen LogP contribution in [0.5, 0.6) is 5.75 Å². The zero-order valence-electron chi connectivity index (χ0n) is 10.2. The van der Waals surface area contributed by atoms with Crippen molar-refractivity contribution in [1.82, 2.24) is 0 Å². The van der Waals surface area contributed by atoms with Gasteiger partial charge in [0.2, 0.25) is 0 Å². The van der Waals surface area contributed by atoms with Crippen molar-refractivity contribution >= 4 is 11.4 Å². The van der Waals surface area contributed by atoms with Gasteiger partial charge in [-0.2, -0.15) is 0 Å². The van der Waals surface area contributed by atoms with Crippen molar-refractivity contribution in [1.29, 1.82) is 0 Å². The largest absolute Gasteiger partial charge is 0.494 e. The summed E-state index contributed by atoms with van der Waals surface area (Å²) in [4.78, 5) is 2.00. The minimum Gasteiger partial charge on any atom is -0.494 e. The Kier molecular flexibility index (Phi) is 3.99. The molecule has 0 unspecified atom stereocenters. The number of halogens is 1. The Morgan fingerprint density at radius 1 is 1.44 bits per heavy atom. The van der Waals surface area contributed by atoms with E-state index in [2.05, 4.69) is 13.8 Å². The Hall–Kier alpha value is -1.45. The lowest BCUT2D eigenvalue weighted by molar-refractivity contribution is 0.386. The molecule has 16 heavy (non-hydrogen) atoms. The predicted molar refractivity (Wildman–Crippen MR) is 65.5 cm³/mol. The first kappa shape index (κ1) is 12.6. The summed E-state index contributed by atoms with van der Waals surface area (Å²) >= 11 is 0. The van der Waals surface area contributed by atoms with Crippen LogP contribution in [0.15, 0.2) is 12.1 Å². The smallest absolute Gasteiger partial charge is 0.167 e. The molecule has 4 heteroatoms. The summed E-state index contributed by atoms with van der Waals surface area (Å²) in [6, 6.07) is 2.93.